The summed E-state index contributed by atoms with van der Waals surface area (Å²) in [7, 11) is 1.86. The molecule has 4 heteroatoms. The largest absolute Gasteiger partial charge is 0.438 e. The first-order valence-corrected chi connectivity index (χ1v) is 7.38. The second-order valence-corrected chi connectivity index (χ2v) is 5.32. The maximum Gasteiger partial charge on any atom is 0.227 e. The SMILES string of the molecule is CCc1nc(NC)c(C)c(Oc2ccccc2C(C)C)n1. The lowest BCUT2D eigenvalue weighted by Gasteiger charge is -2.16. The van der Waals surface area contributed by atoms with Gasteiger partial charge in [-0.3, -0.25) is 0 Å². The van der Waals surface area contributed by atoms with Crippen molar-refractivity contribution in [3.8, 4) is 11.6 Å². The van der Waals surface area contributed by atoms with Gasteiger partial charge in [0.2, 0.25) is 5.88 Å². The molecular weight excluding hydrogens is 262 g/mol. The zero-order valence-electron chi connectivity index (χ0n) is 13.4. The summed E-state index contributed by atoms with van der Waals surface area (Å²) < 4.78 is 6.10. The minimum absolute atomic E-state index is 0.401. The van der Waals surface area contributed by atoms with Crippen LogP contribution >= 0.6 is 0 Å². The third-order valence-corrected chi connectivity index (χ3v) is 3.45. The Morgan fingerprint density at radius 1 is 1.19 bits per heavy atom. The minimum Gasteiger partial charge on any atom is -0.438 e. The van der Waals surface area contributed by atoms with E-state index in [4.69, 9.17) is 4.74 Å². The molecule has 0 aliphatic rings. The lowest BCUT2D eigenvalue weighted by atomic mass is 10.0. The highest BCUT2D eigenvalue weighted by Gasteiger charge is 2.14. The number of nitrogens with zero attached hydrogens (tertiary/aromatic N) is 2. The molecule has 1 N–H and O–H groups in total. The highest BCUT2D eigenvalue weighted by molar-refractivity contribution is 5.50. The van der Waals surface area contributed by atoms with Gasteiger partial charge in [0.25, 0.3) is 0 Å². The van der Waals surface area contributed by atoms with Crippen LogP contribution in [0.25, 0.3) is 0 Å². The maximum atomic E-state index is 6.10. The Morgan fingerprint density at radius 2 is 1.90 bits per heavy atom. The molecule has 0 atom stereocenters. The van der Waals surface area contributed by atoms with Gasteiger partial charge in [-0.1, -0.05) is 39.0 Å². The van der Waals surface area contributed by atoms with Gasteiger partial charge in [0, 0.05) is 13.5 Å². The summed E-state index contributed by atoms with van der Waals surface area (Å²) in [6.07, 6.45) is 0.775. The van der Waals surface area contributed by atoms with E-state index in [9.17, 15) is 0 Å². The van der Waals surface area contributed by atoms with E-state index in [1.54, 1.807) is 0 Å². The van der Waals surface area contributed by atoms with Gasteiger partial charge in [-0.05, 0) is 24.5 Å². The summed E-state index contributed by atoms with van der Waals surface area (Å²) >= 11 is 0. The summed E-state index contributed by atoms with van der Waals surface area (Å²) in [5, 5.41) is 3.10. The molecule has 4 nitrogen and oxygen atoms in total. The van der Waals surface area contributed by atoms with Crippen LogP contribution in [0, 0.1) is 6.92 Å². The molecule has 1 aromatic carbocycles. The number of anilines is 1. The van der Waals surface area contributed by atoms with E-state index in [0.717, 1.165) is 29.4 Å². The number of benzene rings is 1. The zero-order valence-corrected chi connectivity index (χ0v) is 13.4. The van der Waals surface area contributed by atoms with Crippen LogP contribution in [-0.2, 0) is 6.42 Å². The van der Waals surface area contributed by atoms with E-state index in [2.05, 4.69) is 35.2 Å². The average Bonchev–Trinajstić information content (AvgIpc) is 2.49. The maximum absolute atomic E-state index is 6.10. The molecule has 21 heavy (non-hydrogen) atoms. The summed E-state index contributed by atoms with van der Waals surface area (Å²) in [5.41, 5.74) is 2.10. The van der Waals surface area contributed by atoms with Gasteiger partial charge in [0.15, 0.2) is 0 Å². The van der Waals surface area contributed by atoms with Crippen molar-refractivity contribution >= 4 is 5.82 Å². The topological polar surface area (TPSA) is 47.0 Å². The van der Waals surface area contributed by atoms with Gasteiger partial charge in [0.05, 0.1) is 5.56 Å². The monoisotopic (exact) mass is 285 g/mol. The molecule has 2 rings (SSSR count). The molecule has 2 aromatic rings. The fourth-order valence-electron chi connectivity index (χ4n) is 2.20. The number of ether oxygens (including phenoxy) is 1. The van der Waals surface area contributed by atoms with Gasteiger partial charge in [-0.25, -0.2) is 4.98 Å². The molecule has 0 saturated carbocycles. The predicted octanol–water partition coefficient (Wildman–Crippen LogP) is 4.30. The first kappa shape index (κ1) is 15.3. The summed E-state index contributed by atoms with van der Waals surface area (Å²) in [4.78, 5) is 8.99. The van der Waals surface area contributed by atoms with Crippen LogP contribution < -0.4 is 10.1 Å². The van der Waals surface area contributed by atoms with Crippen molar-refractivity contribution in [2.45, 2.75) is 40.0 Å². The van der Waals surface area contributed by atoms with E-state index in [1.807, 2.05) is 39.1 Å². The molecule has 1 heterocycles. The number of aromatic nitrogens is 2. The van der Waals surface area contributed by atoms with E-state index in [0.29, 0.717) is 11.8 Å². The molecule has 0 radical (unpaired) electrons. The molecular formula is C17H23N3O. The van der Waals surface area contributed by atoms with Crippen molar-refractivity contribution in [3.05, 3.63) is 41.2 Å². The van der Waals surface area contributed by atoms with Gasteiger partial charge in [-0.15, -0.1) is 0 Å². The van der Waals surface area contributed by atoms with Crippen LogP contribution in [0.2, 0.25) is 0 Å². The summed E-state index contributed by atoms with van der Waals surface area (Å²) in [6.45, 7) is 8.33. The Morgan fingerprint density at radius 3 is 2.52 bits per heavy atom. The Kier molecular flexibility index (Phi) is 4.78. The third-order valence-electron chi connectivity index (χ3n) is 3.45. The van der Waals surface area contributed by atoms with Gasteiger partial charge < -0.3 is 10.1 Å². The van der Waals surface area contributed by atoms with E-state index in [-0.39, 0.29) is 0 Å². The van der Waals surface area contributed by atoms with Crippen LogP contribution in [0.1, 0.15) is 43.6 Å². The van der Waals surface area contributed by atoms with Crippen LogP contribution in [0.15, 0.2) is 24.3 Å². The number of aryl methyl sites for hydroxylation is 1. The molecule has 112 valence electrons. The molecule has 0 aliphatic carbocycles. The zero-order chi connectivity index (χ0) is 15.4. The predicted molar refractivity (Wildman–Crippen MR) is 86.3 cm³/mol. The second kappa shape index (κ2) is 6.57. The Bertz CT molecular complexity index is 623. The number of rotatable bonds is 5. The lowest BCUT2D eigenvalue weighted by molar-refractivity contribution is 0.447. The van der Waals surface area contributed by atoms with Crippen LogP contribution in [0.3, 0.4) is 0 Å². The first-order chi connectivity index (χ1) is 10.1. The summed E-state index contributed by atoms with van der Waals surface area (Å²) in [6, 6.07) is 8.10. The standard InChI is InChI=1S/C17H23N3O/c1-6-15-19-16(18-5)12(4)17(20-15)21-14-10-8-7-9-13(14)11(2)3/h7-11H,6H2,1-5H3,(H,18,19,20). The Balaban J connectivity index is 2.44. The molecule has 0 amide bonds. The smallest absolute Gasteiger partial charge is 0.227 e. The van der Waals surface area contributed by atoms with E-state index >= 15 is 0 Å². The van der Waals surface area contributed by atoms with Crippen molar-refractivity contribution in [2.75, 3.05) is 12.4 Å². The number of hydrogen-bond acceptors (Lipinski definition) is 4. The number of nitrogens with one attached hydrogen (secondary N) is 1. The van der Waals surface area contributed by atoms with E-state index < -0.39 is 0 Å². The van der Waals surface area contributed by atoms with Crippen molar-refractivity contribution in [1.29, 1.82) is 0 Å². The highest BCUT2D eigenvalue weighted by atomic mass is 16.5. The highest BCUT2D eigenvalue weighted by Crippen LogP contribution is 2.32. The van der Waals surface area contributed by atoms with Crippen LogP contribution in [0.5, 0.6) is 11.6 Å². The van der Waals surface area contributed by atoms with Crippen LogP contribution in [-0.4, -0.2) is 17.0 Å². The van der Waals surface area contributed by atoms with Gasteiger partial charge in [-0.2, -0.15) is 4.98 Å². The number of hydrogen-bond donors (Lipinski definition) is 1. The van der Waals surface area contributed by atoms with E-state index in [1.165, 1.54) is 5.56 Å². The normalized spacial score (nSPS) is 10.8. The number of para-hydroxylation sites is 1. The molecule has 0 fully saturated rings. The molecule has 0 aliphatic heterocycles. The summed E-state index contributed by atoms with van der Waals surface area (Å²) in [5.74, 6) is 3.48. The first-order valence-electron chi connectivity index (χ1n) is 7.38. The Hall–Kier alpha value is -2.10. The van der Waals surface area contributed by atoms with Crippen molar-refractivity contribution in [3.63, 3.8) is 0 Å². The average molecular weight is 285 g/mol. The third kappa shape index (κ3) is 3.32. The molecule has 0 saturated heterocycles. The fourth-order valence-corrected chi connectivity index (χ4v) is 2.20. The van der Waals surface area contributed by atoms with Crippen molar-refractivity contribution in [1.82, 2.24) is 9.97 Å². The second-order valence-electron chi connectivity index (χ2n) is 5.32. The Labute approximate surface area is 126 Å². The molecule has 0 unspecified atom stereocenters. The molecule has 0 bridgehead atoms. The van der Waals surface area contributed by atoms with Crippen molar-refractivity contribution in [2.24, 2.45) is 0 Å². The molecule has 0 spiro atoms. The lowest BCUT2D eigenvalue weighted by Crippen LogP contribution is -2.05. The van der Waals surface area contributed by atoms with Gasteiger partial charge >= 0.3 is 0 Å². The van der Waals surface area contributed by atoms with Gasteiger partial charge in [0.1, 0.15) is 17.4 Å². The minimum atomic E-state index is 0.401. The van der Waals surface area contributed by atoms with Crippen LogP contribution in [0.4, 0.5) is 5.82 Å². The van der Waals surface area contributed by atoms with Crippen molar-refractivity contribution < 1.29 is 4.74 Å². The quantitative estimate of drug-likeness (QED) is 0.889. The molecule has 1 aromatic heterocycles. The fraction of sp³-hybridized carbons (Fsp3) is 0.412.